The van der Waals surface area contributed by atoms with Gasteiger partial charge in [-0.25, -0.2) is 4.98 Å². The molecule has 0 fully saturated rings. The minimum atomic E-state index is 0.0509. The molecular weight excluding hydrogens is 274 g/mol. The number of Topliss-reactive ketones (excluding diaryl/α,β-unsaturated/α-hetero) is 1. The summed E-state index contributed by atoms with van der Waals surface area (Å²) >= 11 is 1.43. The van der Waals surface area contributed by atoms with E-state index in [9.17, 15) is 4.79 Å². The molecule has 1 N–H and O–H groups in total. The Morgan fingerprint density at radius 2 is 2.35 bits per heavy atom. The van der Waals surface area contributed by atoms with Gasteiger partial charge in [-0.2, -0.15) is 0 Å². The summed E-state index contributed by atoms with van der Waals surface area (Å²) in [7, 11) is 0. The van der Waals surface area contributed by atoms with Crippen molar-refractivity contribution < 1.29 is 9.53 Å². The summed E-state index contributed by atoms with van der Waals surface area (Å²) in [6.45, 7) is 4.86. The number of aromatic nitrogens is 2. The van der Waals surface area contributed by atoms with Crippen LogP contribution < -0.4 is 5.49 Å². The number of ether oxygens (including phenoxy) is 1. The van der Waals surface area contributed by atoms with Crippen molar-refractivity contribution in [1.29, 1.82) is 5.41 Å². The maximum atomic E-state index is 12.1. The minimum absolute atomic E-state index is 0.0509. The van der Waals surface area contributed by atoms with Crippen LogP contribution in [-0.2, 0) is 17.9 Å². The monoisotopic (exact) mass is 291 g/mol. The fourth-order valence-corrected chi connectivity index (χ4v) is 2.44. The van der Waals surface area contributed by atoms with Crippen LogP contribution in [-0.4, -0.2) is 21.9 Å². The third-order valence-corrected chi connectivity index (χ3v) is 3.79. The van der Waals surface area contributed by atoms with E-state index in [1.54, 1.807) is 17.7 Å². The summed E-state index contributed by atoms with van der Waals surface area (Å²) in [6, 6.07) is 3.68. The molecule has 2 aromatic rings. The lowest BCUT2D eigenvalue weighted by molar-refractivity contribution is 0.0973. The lowest BCUT2D eigenvalue weighted by atomic mass is 10.3. The van der Waals surface area contributed by atoms with Crippen molar-refractivity contribution >= 4 is 17.1 Å². The molecule has 0 aliphatic rings. The number of rotatable bonds is 6. The average molecular weight is 291 g/mol. The van der Waals surface area contributed by atoms with Gasteiger partial charge in [0.1, 0.15) is 5.82 Å². The van der Waals surface area contributed by atoms with Gasteiger partial charge >= 0.3 is 0 Å². The number of ketones is 1. The Hall–Kier alpha value is -1.79. The zero-order valence-corrected chi connectivity index (χ0v) is 12.4. The van der Waals surface area contributed by atoms with Crippen molar-refractivity contribution in [2.45, 2.75) is 27.0 Å². The molecule has 20 heavy (non-hydrogen) atoms. The molecule has 2 heterocycles. The Morgan fingerprint density at radius 3 is 3.00 bits per heavy atom. The van der Waals surface area contributed by atoms with E-state index in [1.165, 1.54) is 11.3 Å². The molecule has 0 saturated carbocycles. The average Bonchev–Trinajstić information content (AvgIpc) is 2.94. The summed E-state index contributed by atoms with van der Waals surface area (Å²) in [4.78, 5) is 17.0. The molecule has 2 aromatic heterocycles. The molecule has 0 aliphatic heterocycles. The SMILES string of the molecule is CCOCc1cn(CC(=O)c2cccs2)c(C)nc1=N. The van der Waals surface area contributed by atoms with Crippen molar-refractivity contribution in [2.75, 3.05) is 6.61 Å². The molecule has 0 spiro atoms. The number of carbonyl (C=O) groups excluding carboxylic acids is 1. The molecule has 0 atom stereocenters. The first-order chi connectivity index (χ1) is 9.61. The summed E-state index contributed by atoms with van der Waals surface area (Å²) < 4.78 is 7.09. The molecule has 2 rings (SSSR count). The zero-order chi connectivity index (χ0) is 14.5. The molecule has 0 radical (unpaired) electrons. The highest BCUT2D eigenvalue weighted by molar-refractivity contribution is 7.12. The highest BCUT2D eigenvalue weighted by Crippen LogP contribution is 2.11. The smallest absolute Gasteiger partial charge is 0.192 e. The van der Waals surface area contributed by atoms with Gasteiger partial charge in [0.15, 0.2) is 11.3 Å². The van der Waals surface area contributed by atoms with Crippen molar-refractivity contribution in [3.05, 3.63) is 45.5 Å². The second-order valence-electron chi connectivity index (χ2n) is 4.33. The number of nitrogens with zero attached hydrogens (tertiary/aromatic N) is 2. The molecule has 0 amide bonds. The van der Waals surface area contributed by atoms with Crippen LogP contribution >= 0.6 is 11.3 Å². The third-order valence-electron chi connectivity index (χ3n) is 2.88. The Bertz CT molecular complexity index is 647. The number of hydrogen-bond acceptors (Lipinski definition) is 5. The molecule has 0 unspecified atom stereocenters. The van der Waals surface area contributed by atoms with Crippen LogP contribution in [0.4, 0.5) is 0 Å². The number of thiophene rings is 1. The van der Waals surface area contributed by atoms with Gasteiger partial charge < -0.3 is 9.30 Å². The molecule has 0 aliphatic carbocycles. The second-order valence-corrected chi connectivity index (χ2v) is 5.28. The second kappa shape index (κ2) is 6.58. The van der Waals surface area contributed by atoms with Gasteiger partial charge in [0, 0.05) is 18.4 Å². The maximum absolute atomic E-state index is 12.1. The largest absolute Gasteiger partial charge is 0.377 e. The third kappa shape index (κ3) is 3.40. The van der Waals surface area contributed by atoms with Crippen LogP contribution in [0.1, 0.15) is 28.0 Å². The first-order valence-electron chi connectivity index (χ1n) is 6.37. The van der Waals surface area contributed by atoms with E-state index in [0.717, 1.165) is 4.88 Å². The first-order valence-corrected chi connectivity index (χ1v) is 7.25. The van der Waals surface area contributed by atoms with E-state index in [4.69, 9.17) is 10.1 Å². The summed E-state index contributed by atoms with van der Waals surface area (Å²) in [5, 5.41) is 9.71. The van der Waals surface area contributed by atoms with E-state index in [1.807, 2.05) is 24.4 Å². The van der Waals surface area contributed by atoms with Gasteiger partial charge in [-0.3, -0.25) is 10.2 Å². The molecular formula is C14H17N3O2S. The van der Waals surface area contributed by atoms with Crippen molar-refractivity contribution in [3.63, 3.8) is 0 Å². The molecule has 106 valence electrons. The minimum Gasteiger partial charge on any atom is -0.377 e. The normalized spacial score (nSPS) is 10.7. The molecule has 5 nitrogen and oxygen atoms in total. The molecule has 0 saturated heterocycles. The fraction of sp³-hybridized carbons (Fsp3) is 0.357. The molecule has 0 bridgehead atoms. The van der Waals surface area contributed by atoms with E-state index < -0.39 is 0 Å². The van der Waals surface area contributed by atoms with Gasteiger partial charge in [0.2, 0.25) is 0 Å². The summed E-state index contributed by atoms with van der Waals surface area (Å²) in [5.74, 6) is 0.704. The van der Waals surface area contributed by atoms with Crippen molar-refractivity contribution in [3.8, 4) is 0 Å². The van der Waals surface area contributed by atoms with Crippen LogP contribution in [0.3, 0.4) is 0 Å². The highest BCUT2D eigenvalue weighted by atomic mass is 32.1. The maximum Gasteiger partial charge on any atom is 0.192 e. The fourth-order valence-electron chi connectivity index (χ4n) is 1.79. The van der Waals surface area contributed by atoms with Crippen LogP contribution in [0.25, 0.3) is 0 Å². The number of nitrogens with one attached hydrogen (secondary N) is 1. The Labute approximate surface area is 121 Å². The molecule has 6 heteroatoms. The van der Waals surface area contributed by atoms with Gasteiger partial charge in [-0.05, 0) is 25.3 Å². The van der Waals surface area contributed by atoms with Crippen molar-refractivity contribution in [1.82, 2.24) is 9.55 Å². The molecule has 0 aromatic carbocycles. The zero-order valence-electron chi connectivity index (χ0n) is 11.5. The highest BCUT2D eigenvalue weighted by Gasteiger charge is 2.10. The summed E-state index contributed by atoms with van der Waals surface area (Å²) in [6.07, 6.45) is 1.78. The van der Waals surface area contributed by atoms with Crippen molar-refractivity contribution in [2.24, 2.45) is 0 Å². The number of carbonyl (C=O) groups is 1. The van der Waals surface area contributed by atoms with E-state index in [0.29, 0.717) is 24.6 Å². The van der Waals surface area contributed by atoms with E-state index in [2.05, 4.69) is 4.98 Å². The Balaban J connectivity index is 2.22. The standard InChI is InChI=1S/C14H17N3O2S/c1-3-19-9-11-7-17(10(2)16-14(11)15)8-12(18)13-5-4-6-20-13/h4-7,15H,3,8-9H2,1-2H3. The van der Waals surface area contributed by atoms with Crippen LogP contribution in [0.15, 0.2) is 23.7 Å². The lowest BCUT2D eigenvalue weighted by Gasteiger charge is -2.11. The predicted octanol–water partition coefficient (Wildman–Crippen LogP) is 2.15. The quantitative estimate of drug-likeness (QED) is 0.829. The van der Waals surface area contributed by atoms with Crippen LogP contribution in [0, 0.1) is 12.3 Å². The van der Waals surface area contributed by atoms with Crippen LogP contribution in [0.2, 0.25) is 0 Å². The van der Waals surface area contributed by atoms with Gasteiger partial charge in [0.05, 0.1) is 18.0 Å². The van der Waals surface area contributed by atoms with Gasteiger partial charge in [-0.15, -0.1) is 11.3 Å². The first kappa shape index (κ1) is 14.6. The summed E-state index contributed by atoms with van der Waals surface area (Å²) in [5.41, 5.74) is 0.896. The number of aryl methyl sites for hydroxylation is 1. The Kier molecular flexibility index (Phi) is 4.81. The number of hydrogen-bond donors (Lipinski definition) is 1. The van der Waals surface area contributed by atoms with Gasteiger partial charge in [-0.1, -0.05) is 6.07 Å². The van der Waals surface area contributed by atoms with Gasteiger partial charge in [0.25, 0.3) is 0 Å². The van der Waals surface area contributed by atoms with Crippen LogP contribution in [0.5, 0.6) is 0 Å². The lowest BCUT2D eigenvalue weighted by Crippen LogP contribution is -2.23. The topological polar surface area (TPSA) is 68.0 Å². The van der Waals surface area contributed by atoms with E-state index in [-0.39, 0.29) is 17.8 Å². The Morgan fingerprint density at radius 1 is 1.55 bits per heavy atom. The predicted molar refractivity (Wildman–Crippen MR) is 76.8 cm³/mol. The van der Waals surface area contributed by atoms with E-state index >= 15 is 0 Å².